The van der Waals surface area contributed by atoms with Crippen LogP contribution in [-0.4, -0.2) is 17.5 Å². The van der Waals surface area contributed by atoms with E-state index in [1.54, 1.807) is 45.0 Å². The Labute approximate surface area is 106 Å². The van der Waals surface area contributed by atoms with Crippen molar-refractivity contribution >= 4 is 17.6 Å². The Morgan fingerprint density at radius 3 is 2.33 bits per heavy atom. The molecule has 18 heavy (non-hydrogen) atoms. The van der Waals surface area contributed by atoms with Crippen LogP contribution in [0.1, 0.15) is 38.1 Å². The van der Waals surface area contributed by atoms with Crippen LogP contribution in [0.3, 0.4) is 0 Å². The Morgan fingerprint density at radius 1 is 1.17 bits per heavy atom. The highest BCUT2D eigenvalue weighted by molar-refractivity contribution is 5.99. The van der Waals surface area contributed by atoms with Crippen molar-refractivity contribution in [3.05, 3.63) is 29.8 Å². The molecule has 1 aromatic carbocycles. The van der Waals surface area contributed by atoms with Gasteiger partial charge < -0.3 is 4.74 Å². The average molecular weight is 250 g/mol. The molecule has 5 nitrogen and oxygen atoms in total. The number of ketones is 1. The van der Waals surface area contributed by atoms with Crippen LogP contribution >= 0.6 is 0 Å². The van der Waals surface area contributed by atoms with E-state index >= 15 is 0 Å². The molecule has 98 valence electrons. The lowest BCUT2D eigenvalue weighted by Crippen LogP contribution is -2.36. The van der Waals surface area contributed by atoms with Crippen molar-refractivity contribution in [2.45, 2.75) is 33.3 Å². The standard InChI is InChI=1S/C13H18N2O3/c1-9(16)10-7-5-6-8-11(10)14-15-12(17)18-13(2,3)4/h5-8,14H,1-4H3,(H,15,17). The third kappa shape index (κ3) is 4.45. The van der Waals surface area contributed by atoms with Gasteiger partial charge in [-0.2, -0.15) is 0 Å². The fourth-order valence-electron chi connectivity index (χ4n) is 1.32. The van der Waals surface area contributed by atoms with E-state index in [2.05, 4.69) is 10.9 Å². The Bertz CT molecular complexity index is 450. The summed E-state index contributed by atoms with van der Waals surface area (Å²) in [6.07, 6.45) is -0.596. The molecule has 1 amide bonds. The fraction of sp³-hybridized carbons (Fsp3) is 0.385. The number of nitrogens with one attached hydrogen (secondary N) is 2. The predicted molar refractivity (Wildman–Crippen MR) is 69.4 cm³/mol. The number of benzene rings is 1. The predicted octanol–water partition coefficient (Wildman–Crippen LogP) is 2.74. The molecule has 0 aliphatic carbocycles. The first-order valence-corrected chi connectivity index (χ1v) is 5.64. The van der Waals surface area contributed by atoms with Crippen molar-refractivity contribution < 1.29 is 14.3 Å². The van der Waals surface area contributed by atoms with E-state index in [0.29, 0.717) is 11.3 Å². The van der Waals surface area contributed by atoms with Crippen LogP contribution in [0.4, 0.5) is 10.5 Å². The number of rotatable bonds is 3. The number of hydrazine groups is 1. The van der Waals surface area contributed by atoms with Gasteiger partial charge in [-0.05, 0) is 39.8 Å². The van der Waals surface area contributed by atoms with Gasteiger partial charge >= 0.3 is 6.09 Å². The van der Waals surface area contributed by atoms with Gasteiger partial charge in [-0.15, -0.1) is 0 Å². The number of hydrogen-bond donors (Lipinski definition) is 2. The quantitative estimate of drug-likeness (QED) is 0.639. The molecule has 0 aliphatic heterocycles. The third-order valence-corrected chi connectivity index (χ3v) is 2.00. The van der Waals surface area contributed by atoms with Gasteiger partial charge in [-0.1, -0.05) is 12.1 Å². The van der Waals surface area contributed by atoms with Gasteiger partial charge in [-0.25, -0.2) is 10.2 Å². The smallest absolute Gasteiger partial charge is 0.426 e. The highest BCUT2D eigenvalue weighted by atomic mass is 16.6. The van der Waals surface area contributed by atoms with Crippen molar-refractivity contribution in [3.63, 3.8) is 0 Å². The number of carbonyl (C=O) groups is 2. The molecule has 0 bridgehead atoms. The van der Waals surface area contributed by atoms with Crippen LogP contribution in [0, 0.1) is 0 Å². The number of hydrogen-bond acceptors (Lipinski definition) is 4. The second-order valence-corrected chi connectivity index (χ2v) is 4.85. The van der Waals surface area contributed by atoms with Gasteiger partial charge in [0.15, 0.2) is 5.78 Å². The second-order valence-electron chi connectivity index (χ2n) is 4.85. The Kier molecular flexibility index (Phi) is 4.31. The monoisotopic (exact) mass is 250 g/mol. The molecule has 0 atom stereocenters. The molecule has 0 heterocycles. The largest absolute Gasteiger partial charge is 0.443 e. The van der Waals surface area contributed by atoms with Gasteiger partial charge in [0.1, 0.15) is 5.60 Å². The van der Waals surface area contributed by atoms with Crippen LogP contribution in [0.25, 0.3) is 0 Å². The zero-order valence-electron chi connectivity index (χ0n) is 11.0. The van der Waals surface area contributed by atoms with E-state index in [1.807, 2.05) is 0 Å². The van der Waals surface area contributed by atoms with Crippen LogP contribution in [0.15, 0.2) is 24.3 Å². The summed E-state index contributed by atoms with van der Waals surface area (Å²) in [7, 11) is 0. The number of anilines is 1. The summed E-state index contributed by atoms with van der Waals surface area (Å²) >= 11 is 0. The molecule has 0 fully saturated rings. The van der Waals surface area contributed by atoms with Crippen molar-refractivity contribution in [1.82, 2.24) is 5.43 Å². The zero-order valence-corrected chi connectivity index (χ0v) is 11.0. The van der Waals surface area contributed by atoms with Crippen molar-refractivity contribution in [2.24, 2.45) is 0 Å². The summed E-state index contributed by atoms with van der Waals surface area (Å²) in [4.78, 5) is 22.8. The van der Waals surface area contributed by atoms with Gasteiger partial charge in [0.2, 0.25) is 0 Å². The molecular weight excluding hydrogens is 232 g/mol. The van der Waals surface area contributed by atoms with E-state index in [1.165, 1.54) is 6.92 Å². The molecule has 0 unspecified atom stereocenters. The summed E-state index contributed by atoms with van der Waals surface area (Å²) in [5.74, 6) is -0.0795. The highest BCUT2D eigenvalue weighted by Crippen LogP contribution is 2.14. The van der Waals surface area contributed by atoms with Crippen LogP contribution < -0.4 is 10.9 Å². The summed E-state index contributed by atoms with van der Waals surface area (Å²) < 4.78 is 5.06. The maximum atomic E-state index is 11.4. The number of carbonyl (C=O) groups excluding carboxylic acids is 2. The first-order valence-electron chi connectivity index (χ1n) is 5.64. The topological polar surface area (TPSA) is 67.4 Å². The van der Waals surface area contributed by atoms with E-state index in [0.717, 1.165) is 0 Å². The van der Waals surface area contributed by atoms with Gasteiger partial charge in [0.05, 0.1) is 5.69 Å². The van der Waals surface area contributed by atoms with E-state index in [4.69, 9.17) is 4.74 Å². The minimum Gasteiger partial charge on any atom is -0.443 e. The van der Waals surface area contributed by atoms with Crippen LogP contribution in [-0.2, 0) is 4.74 Å². The Balaban J connectivity index is 2.64. The molecule has 5 heteroatoms. The van der Waals surface area contributed by atoms with Crippen LogP contribution in [0.5, 0.6) is 0 Å². The lowest BCUT2D eigenvalue weighted by Gasteiger charge is -2.20. The van der Waals surface area contributed by atoms with Crippen molar-refractivity contribution in [1.29, 1.82) is 0 Å². The zero-order chi connectivity index (χ0) is 13.8. The molecule has 0 saturated carbocycles. The van der Waals surface area contributed by atoms with Crippen molar-refractivity contribution in [2.75, 3.05) is 5.43 Å². The summed E-state index contributed by atoms with van der Waals surface area (Å²) in [5, 5.41) is 0. The maximum Gasteiger partial charge on any atom is 0.426 e. The molecule has 2 N–H and O–H groups in total. The first-order chi connectivity index (χ1) is 8.29. The van der Waals surface area contributed by atoms with Gasteiger partial charge in [0, 0.05) is 5.56 Å². The summed E-state index contributed by atoms with van der Waals surface area (Å²) in [6.45, 7) is 6.79. The lowest BCUT2D eigenvalue weighted by molar-refractivity contribution is 0.0540. The molecule has 1 rings (SSSR count). The van der Waals surface area contributed by atoms with E-state index in [9.17, 15) is 9.59 Å². The van der Waals surface area contributed by atoms with Crippen LogP contribution in [0.2, 0.25) is 0 Å². The number of amides is 1. The SMILES string of the molecule is CC(=O)c1ccccc1NNC(=O)OC(C)(C)C. The van der Waals surface area contributed by atoms with E-state index < -0.39 is 11.7 Å². The average Bonchev–Trinajstić information content (AvgIpc) is 2.24. The lowest BCUT2D eigenvalue weighted by atomic mass is 10.1. The molecule has 0 spiro atoms. The van der Waals surface area contributed by atoms with E-state index in [-0.39, 0.29) is 5.78 Å². The first kappa shape index (κ1) is 14.0. The molecule has 0 saturated heterocycles. The Morgan fingerprint density at radius 2 is 1.78 bits per heavy atom. The highest BCUT2D eigenvalue weighted by Gasteiger charge is 2.16. The normalized spacial score (nSPS) is 10.7. The molecule has 0 aromatic heterocycles. The van der Waals surface area contributed by atoms with Gasteiger partial charge in [-0.3, -0.25) is 10.2 Å². The number of ether oxygens (including phenoxy) is 1. The minimum atomic E-state index is -0.596. The number of Topliss-reactive ketones (excluding diaryl/α,β-unsaturated/α-hetero) is 1. The second kappa shape index (κ2) is 5.53. The molecule has 0 aliphatic rings. The fourth-order valence-corrected chi connectivity index (χ4v) is 1.32. The molecular formula is C13H18N2O3. The summed E-state index contributed by atoms with van der Waals surface area (Å²) in [5.41, 5.74) is 5.54. The molecule has 0 radical (unpaired) electrons. The molecule has 1 aromatic rings. The maximum absolute atomic E-state index is 11.4. The third-order valence-electron chi connectivity index (χ3n) is 2.00. The van der Waals surface area contributed by atoms with Gasteiger partial charge in [0.25, 0.3) is 0 Å². The number of para-hydroxylation sites is 1. The summed E-state index contributed by atoms with van der Waals surface area (Å²) in [6, 6.07) is 6.91. The minimum absolute atomic E-state index is 0.0795. The van der Waals surface area contributed by atoms with Crippen molar-refractivity contribution in [3.8, 4) is 0 Å². The Hall–Kier alpha value is -2.04.